The highest BCUT2D eigenvalue weighted by atomic mass is 79.9. The molecule has 0 aliphatic carbocycles. The summed E-state index contributed by atoms with van der Waals surface area (Å²) in [5.41, 5.74) is 6.73. The maximum Gasteiger partial charge on any atom is 0.230 e. The van der Waals surface area contributed by atoms with Gasteiger partial charge in [0.1, 0.15) is 5.82 Å². The van der Waals surface area contributed by atoms with Crippen molar-refractivity contribution in [2.75, 3.05) is 11.1 Å². The van der Waals surface area contributed by atoms with Gasteiger partial charge in [0, 0.05) is 10.2 Å². The highest BCUT2D eigenvalue weighted by molar-refractivity contribution is 9.10. The van der Waals surface area contributed by atoms with Gasteiger partial charge in [-0.05, 0) is 40.2 Å². The molecule has 0 saturated heterocycles. The molecule has 19 heavy (non-hydrogen) atoms. The lowest BCUT2D eigenvalue weighted by Crippen LogP contribution is -2.16. The van der Waals surface area contributed by atoms with E-state index in [0.717, 1.165) is 0 Å². The van der Waals surface area contributed by atoms with Crippen molar-refractivity contribution in [2.24, 2.45) is 0 Å². The molecular weight excluding hydrogens is 313 g/mol. The highest BCUT2D eigenvalue weighted by Crippen LogP contribution is 2.25. The maximum absolute atomic E-state index is 13.5. The molecule has 0 radical (unpaired) electrons. The second-order valence-electron chi connectivity index (χ2n) is 3.90. The van der Waals surface area contributed by atoms with Crippen LogP contribution in [0.4, 0.5) is 15.8 Å². The van der Waals surface area contributed by atoms with E-state index >= 15 is 0 Å². The van der Waals surface area contributed by atoms with Crippen molar-refractivity contribution < 1.29 is 9.18 Å². The lowest BCUT2D eigenvalue weighted by molar-refractivity contribution is -0.115. The summed E-state index contributed by atoms with van der Waals surface area (Å²) in [4.78, 5) is 15.8. The molecule has 0 bridgehead atoms. The van der Waals surface area contributed by atoms with Crippen LogP contribution in [0.5, 0.6) is 0 Å². The Balaban J connectivity index is 2.07. The molecule has 0 atom stereocenters. The molecule has 6 heteroatoms. The predicted octanol–water partition coefficient (Wildman–Crippen LogP) is 2.75. The summed E-state index contributed by atoms with van der Waals surface area (Å²) < 4.78 is 14.0. The average molecular weight is 324 g/mol. The van der Waals surface area contributed by atoms with Crippen molar-refractivity contribution in [3.63, 3.8) is 0 Å². The van der Waals surface area contributed by atoms with Gasteiger partial charge in [-0.1, -0.05) is 6.07 Å². The Morgan fingerprint density at radius 2 is 2.16 bits per heavy atom. The number of nitrogens with two attached hydrogens (primary N) is 1. The van der Waals surface area contributed by atoms with Gasteiger partial charge in [-0.15, -0.1) is 0 Å². The second-order valence-corrected chi connectivity index (χ2v) is 4.76. The Kier molecular flexibility index (Phi) is 4.11. The Morgan fingerprint density at radius 1 is 1.37 bits per heavy atom. The molecule has 2 aromatic rings. The number of nitrogen functional groups attached to an aromatic ring is 1. The zero-order chi connectivity index (χ0) is 13.8. The first-order valence-electron chi connectivity index (χ1n) is 5.50. The number of carbonyl (C=O) groups excluding carboxylic acids is 1. The van der Waals surface area contributed by atoms with Crippen LogP contribution in [-0.4, -0.2) is 10.9 Å². The molecule has 1 aromatic carbocycles. The molecule has 1 amide bonds. The van der Waals surface area contributed by atoms with Crippen LogP contribution in [0.2, 0.25) is 0 Å². The fourth-order valence-corrected chi connectivity index (χ4v) is 1.95. The molecule has 2 rings (SSSR count). The van der Waals surface area contributed by atoms with Gasteiger partial charge >= 0.3 is 0 Å². The molecule has 0 unspecified atom stereocenters. The van der Waals surface area contributed by atoms with Crippen LogP contribution >= 0.6 is 15.9 Å². The lowest BCUT2D eigenvalue weighted by Gasteiger charge is -2.08. The van der Waals surface area contributed by atoms with E-state index in [9.17, 15) is 9.18 Å². The summed E-state index contributed by atoms with van der Waals surface area (Å²) in [5, 5.41) is 2.51. The summed E-state index contributed by atoms with van der Waals surface area (Å²) in [5.74, 6) is -0.837. The summed E-state index contributed by atoms with van der Waals surface area (Å²) >= 11 is 3.18. The van der Waals surface area contributed by atoms with E-state index in [1.165, 1.54) is 12.3 Å². The van der Waals surface area contributed by atoms with E-state index in [-0.39, 0.29) is 18.0 Å². The first kappa shape index (κ1) is 13.5. The van der Waals surface area contributed by atoms with Crippen molar-refractivity contribution in [3.05, 3.63) is 52.5 Å². The number of halogens is 2. The van der Waals surface area contributed by atoms with Gasteiger partial charge in [-0.25, -0.2) is 4.39 Å². The lowest BCUT2D eigenvalue weighted by atomic mass is 10.2. The monoisotopic (exact) mass is 323 g/mol. The first-order valence-corrected chi connectivity index (χ1v) is 6.30. The molecule has 98 valence electrons. The molecule has 0 saturated carbocycles. The van der Waals surface area contributed by atoms with E-state index in [2.05, 4.69) is 26.2 Å². The molecule has 0 aliphatic rings. The third-order valence-electron chi connectivity index (χ3n) is 2.42. The minimum Gasteiger partial charge on any atom is -0.397 e. The number of nitrogens with zero attached hydrogens (tertiary/aromatic N) is 1. The summed E-state index contributed by atoms with van der Waals surface area (Å²) in [7, 11) is 0. The normalized spacial score (nSPS) is 10.2. The minimum atomic E-state index is -0.493. The Labute approximate surface area is 118 Å². The van der Waals surface area contributed by atoms with E-state index < -0.39 is 5.82 Å². The van der Waals surface area contributed by atoms with Crippen LogP contribution < -0.4 is 11.1 Å². The predicted molar refractivity (Wildman–Crippen MR) is 75.1 cm³/mol. The summed E-state index contributed by atoms with van der Waals surface area (Å²) in [6.45, 7) is 0. The molecule has 0 spiro atoms. The van der Waals surface area contributed by atoms with Crippen molar-refractivity contribution in [2.45, 2.75) is 6.42 Å². The van der Waals surface area contributed by atoms with Crippen LogP contribution in [0, 0.1) is 5.82 Å². The number of hydrogen-bond donors (Lipinski definition) is 2. The number of amides is 1. The number of anilines is 2. The van der Waals surface area contributed by atoms with Crippen LogP contribution in [0.15, 0.2) is 41.0 Å². The molecular formula is C13H11BrFN3O. The maximum atomic E-state index is 13.5. The van der Waals surface area contributed by atoms with Crippen LogP contribution in [0.1, 0.15) is 5.69 Å². The smallest absolute Gasteiger partial charge is 0.230 e. The Morgan fingerprint density at radius 3 is 2.79 bits per heavy atom. The third kappa shape index (κ3) is 3.51. The van der Waals surface area contributed by atoms with Crippen molar-refractivity contribution in [1.29, 1.82) is 0 Å². The number of benzene rings is 1. The fourth-order valence-electron chi connectivity index (χ4n) is 1.51. The van der Waals surface area contributed by atoms with Crippen molar-refractivity contribution >= 4 is 33.2 Å². The zero-order valence-electron chi connectivity index (χ0n) is 9.86. The average Bonchev–Trinajstić information content (AvgIpc) is 2.37. The molecule has 1 aromatic heterocycles. The quantitative estimate of drug-likeness (QED) is 0.912. The van der Waals surface area contributed by atoms with Crippen LogP contribution in [0.3, 0.4) is 0 Å². The fraction of sp³-hybridized carbons (Fsp3) is 0.0769. The topological polar surface area (TPSA) is 68.0 Å². The van der Waals surface area contributed by atoms with Crippen molar-refractivity contribution in [1.82, 2.24) is 4.98 Å². The number of carbonyl (C=O) groups is 1. The van der Waals surface area contributed by atoms with Gasteiger partial charge in [0.2, 0.25) is 5.91 Å². The largest absolute Gasteiger partial charge is 0.397 e. The molecule has 0 fully saturated rings. The third-order valence-corrected chi connectivity index (χ3v) is 3.08. The first-order chi connectivity index (χ1) is 9.06. The number of rotatable bonds is 3. The van der Waals surface area contributed by atoms with Gasteiger partial charge in [0.25, 0.3) is 0 Å². The number of para-hydroxylation sites is 1. The van der Waals surface area contributed by atoms with Gasteiger partial charge < -0.3 is 11.1 Å². The number of pyridine rings is 1. The zero-order valence-corrected chi connectivity index (χ0v) is 11.4. The Hall–Kier alpha value is -1.95. The number of nitrogens with one attached hydrogen (secondary N) is 1. The molecule has 3 N–H and O–H groups in total. The Bertz CT molecular complexity index is 581. The van der Waals surface area contributed by atoms with Crippen LogP contribution in [-0.2, 0) is 11.2 Å². The SMILES string of the molecule is Nc1ccc(CC(=O)Nc2c(F)cccc2Br)nc1. The molecule has 1 heterocycles. The van der Waals surface area contributed by atoms with E-state index in [4.69, 9.17) is 5.73 Å². The summed E-state index contributed by atoms with van der Waals surface area (Å²) in [6.07, 6.45) is 1.53. The molecule has 0 aliphatic heterocycles. The van der Waals surface area contributed by atoms with Gasteiger partial charge in [-0.3, -0.25) is 9.78 Å². The van der Waals surface area contributed by atoms with E-state index in [1.54, 1.807) is 24.3 Å². The van der Waals surface area contributed by atoms with E-state index in [1.807, 2.05) is 0 Å². The highest BCUT2D eigenvalue weighted by Gasteiger charge is 2.11. The van der Waals surface area contributed by atoms with Gasteiger partial charge in [0.15, 0.2) is 0 Å². The summed E-state index contributed by atoms with van der Waals surface area (Å²) in [6, 6.07) is 7.80. The standard InChI is InChI=1S/C13H11BrFN3O/c14-10-2-1-3-11(15)13(10)18-12(19)6-9-5-4-8(16)7-17-9/h1-5,7H,6,16H2,(H,18,19). The van der Waals surface area contributed by atoms with Gasteiger partial charge in [-0.2, -0.15) is 0 Å². The number of hydrogen-bond acceptors (Lipinski definition) is 3. The van der Waals surface area contributed by atoms with Crippen LogP contribution in [0.25, 0.3) is 0 Å². The second kappa shape index (κ2) is 5.79. The van der Waals surface area contributed by atoms with Gasteiger partial charge in [0.05, 0.1) is 24.0 Å². The number of aromatic nitrogens is 1. The minimum absolute atomic E-state index is 0.0566. The van der Waals surface area contributed by atoms with Crippen molar-refractivity contribution in [3.8, 4) is 0 Å². The molecule has 4 nitrogen and oxygen atoms in total. The van der Waals surface area contributed by atoms with E-state index in [0.29, 0.717) is 15.9 Å².